The highest BCUT2D eigenvalue weighted by Crippen LogP contribution is 2.31. The number of hydrogen-bond donors (Lipinski definition) is 1. The summed E-state index contributed by atoms with van der Waals surface area (Å²) in [6.07, 6.45) is 7.27. The van der Waals surface area contributed by atoms with Crippen LogP contribution in [0.25, 0.3) is 0 Å². The molecule has 1 N–H and O–H groups in total. The van der Waals surface area contributed by atoms with E-state index in [4.69, 9.17) is 0 Å². The molecule has 4 nitrogen and oxygen atoms in total. The predicted octanol–water partition coefficient (Wildman–Crippen LogP) is 2.42. The highest BCUT2D eigenvalue weighted by Gasteiger charge is 2.49. The van der Waals surface area contributed by atoms with Crippen LogP contribution in [0.4, 0.5) is 4.79 Å². The topological polar surface area (TPSA) is 49.4 Å². The Morgan fingerprint density at radius 3 is 2.29 bits per heavy atom. The van der Waals surface area contributed by atoms with Crippen molar-refractivity contribution in [3.05, 3.63) is 0 Å². The second-order valence-corrected chi connectivity index (χ2v) is 5.72. The summed E-state index contributed by atoms with van der Waals surface area (Å²) in [5.74, 6) is -0.0103. The lowest BCUT2D eigenvalue weighted by molar-refractivity contribution is -0.131. The van der Waals surface area contributed by atoms with Crippen molar-refractivity contribution >= 4 is 27.9 Å². The van der Waals surface area contributed by atoms with Gasteiger partial charge in [-0.3, -0.25) is 9.69 Å². The molecule has 3 amide bonds. The maximum absolute atomic E-state index is 12.4. The van der Waals surface area contributed by atoms with Crippen LogP contribution in [0, 0.1) is 0 Å². The van der Waals surface area contributed by atoms with Gasteiger partial charge >= 0.3 is 6.03 Å². The Morgan fingerprint density at radius 2 is 1.71 bits per heavy atom. The Kier molecular flexibility index (Phi) is 4.07. The van der Waals surface area contributed by atoms with Gasteiger partial charge in [0.1, 0.15) is 5.54 Å². The van der Waals surface area contributed by atoms with Crippen molar-refractivity contribution in [2.75, 3.05) is 11.9 Å². The second-order valence-electron chi connectivity index (χ2n) is 4.93. The smallest absolute Gasteiger partial charge is 0.323 e. The number of halogens is 1. The average Bonchev–Trinajstić information content (AvgIpc) is 2.50. The molecule has 0 aromatic carbocycles. The number of urea groups is 1. The summed E-state index contributed by atoms with van der Waals surface area (Å²) < 4.78 is 0. The van der Waals surface area contributed by atoms with Gasteiger partial charge in [0.05, 0.1) is 0 Å². The highest BCUT2D eigenvalue weighted by atomic mass is 79.9. The van der Waals surface area contributed by atoms with E-state index in [-0.39, 0.29) is 11.9 Å². The summed E-state index contributed by atoms with van der Waals surface area (Å²) in [6, 6.07) is -0.213. The predicted molar refractivity (Wildman–Crippen MR) is 69.1 cm³/mol. The van der Waals surface area contributed by atoms with Crippen molar-refractivity contribution in [2.24, 2.45) is 0 Å². The lowest BCUT2D eigenvalue weighted by Crippen LogP contribution is -2.47. The van der Waals surface area contributed by atoms with E-state index in [1.54, 1.807) is 0 Å². The fourth-order valence-electron chi connectivity index (χ4n) is 2.81. The van der Waals surface area contributed by atoms with Gasteiger partial charge in [0.15, 0.2) is 0 Å². The van der Waals surface area contributed by atoms with E-state index in [2.05, 4.69) is 21.2 Å². The van der Waals surface area contributed by atoms with E-state index in [1.165, 1.54) is 24.2 Å². The summed E-state index contributed by atoms with van der Waals surface area (Å²) in [6.45, 7) is 0.465. The van der Waals surface area contributed by atoms with Gasteiger partial charge in [-0.05, 0) is 12.8 Å². The first-order chi connectivity index (χ1) is 8.19. The molecule has 2 aliphatic rings. The molecular weight excluding hydrogens is 284 g/mol. The highest BCUT2D eigenvalue weighted by molar-refractivity contribution is 9.09. The van der Waals surface area contributed by atoms with Crippen molar-refractivity contribution in [3.8, 4) is 0 Å². The molecule has 0 aromatic rings. The number of carbonyl (C=O) groups excluding carboxylic acids is 2. The normalized spacial score (nSPS) is 24.6. The molecule has 1 saturated heterocycles. The molecular formula is C12H19BrN2O2. The van der Waals surface area contributed by atoms with E-state index in [1.807, 2.05) is 0 Å². The van der Waals surface area contributed by atoms with Gasteiger partial charge in [0.25, 0.3) is 5.91 Å². The number of nitrogens with one attached hydrogen (secondary N) is 1. The third-order valence-electron chi connectivity index (χ3n) is 3.76. The van der Waals surface area contributed by atoms with Crippen molar-refractivity contribution in [1.82, 2.24) is 10.2 Å². The van der Waals surface area contributed by atoms with E-state index in [0.717, 1.165) is 25.7 Å². The molecule has 0 bridgehead atoms. The molecule has 1 spiro atoms. The van der Waals surface area contributed by atoms with Crippen LogP contribution in [0.2, 0.25) is 0 Å². The zero-order chi connectivity index (χ0) is 12.3. The minimum Gasteiger partial charge on any atom is -0.323 e. The van der Waals surface area contributed by atoms with Gasteiger partial charge in [-0.15, -0.1) is 0 Å². The van der Waals surface area contributed by atoms with Crippen LogP contribution in [0.1, 0.15) is 44.9 Å². The van der Waals surface area contributed by atoms with Gasteiger partial charge in [0.2, 0.25) is 0 Å². The summed E-state index contributed by atoms with van der Waals surface area (Å²) in [5.41, 5.74) is -0.584. The van der Waals surface area contributed by atoms with Crippen molar-refractivity contribution in [1.29, 1.82) is 0 Å². The SMILES string of the molecule is O=C1NC2(CCCCCCC2)C(=O)N1CCBr. The molecule has 2 rings (SSSR count). The molecule has 17 heavy (non-hydrogen) atoms. The number of imide groups is 1. The lowest BCUT2D eigenvalue weighted by Gasteiger charge is -2.28. The Labute approximate surface area is 110 Å². The van der Waals surface area contributed by atoms with Crippen LogP contribution in [-0.4, -0.2) is 34.3 Å². The largest absolute Gasteiger partial charge is 0.325 e. The lowest BCUT2D eigenvalue weighted by atomic mass is 9.84. The Balaban J connectivity index is 2.13. The fourth-order valence-corrected chi connectivity index (χ4v) is 3.17. The van der Waals surface area contributed by atoms with E-state index in [0.29, 0.717) is 11.9 Å². The molecule has 1 aliphatic heterocycles. The van der Waals surface area contributed by atoms with E-state index >= 15 is 0 Å². The number of nitrogens with zero attached hydrogens (tertiary/aromatic N) is 1. The first-order valence-electron chi connectivity index (χ1n) is 6.40. The summed E-state index contributed by atoms with van der Waals surface area (Å²) in [7, 11) is 0. The first-order valence-corrected chi connectivity index (χ1v) is 7.52. The van der Waals surface area contributed by atoms with Gasteiger partial charge in [-0.25, -0.2) is 4.79 Å². The van der Waals surface area contributed by atoms with Gasteiger partial charge in [0, 0.05) is 11.9 Å². The molecule has 0 aromatic heterocycles. The average molecular weight is 303 g/mol. The molecule has 0 atom stereocenters. The number of carbonyl (C=O) groups is 2. The van der Waals surface area contributed by atoms with E-state index < -0.39 is 5.54 Å². The molecule has 0 radical (unpaired) electrons. The van der Waals surface area contributed by atoms with Crippen LogP contribution in [0.15, 0.2) is 0 Å². The Hall–Kier alpha value is -0.580. The minimum absolute atomic E-state index is 0.0103. The van der Waals surface area contributed by atoms with Crippen LogP contribution in [0.5, 0.6) is 0 Å². The molecule has 1 heterocycles. The monoisotopic (exact) mass is 302 g/mol. The van der Waals surface area contributed by atoms with E-state index in [9.17, 15) is 9.59 Å². The zero-order valence-corrected chi connectivity index (χ0v) is 11.6. The third kappa shape index (κ3) is 2.49. The van der Waals surface area contributed by atoms with Gasteiger partial charge in [-0.1, -0.05) is 48.0 Å². The van der Waals surface area contributed by atoms with Gasteiger partial charge < -0.3 is 5.32 Å². The summed E-state index contributed by atoms with van der Waals surface area (Å²) in [5, 5.41) is 3.58. The Bertz CT molecular complexity index is 312. The number of hydrogen-bond acceptors (Lipinski definition) is 2. The fraction of sp³-hybridized carbons (Fsp3) is 0.833. The minimum atomic E-state index is -0.584. The standard InChI is InChI=1S/C12H19BrN2O2/c13-8-9-15-10(16)12(14-11(15)17)6-4-2-1-3-5-7-12/h1-9H2,(H,14,17). The van der Waals surface area contributed by atoms with Crippen LogP contribution in [-0.2, 0) is 4.79 Å². The number of amides is 3. The first kappa shape index (κ1) is 12.9. The molecule has 1 aliphatic carbocycles. The molecule has 5 heteroatoms. The second kappa shape index (κ2) is 5.38. The van der Waals surface area contributed by atoms with Crippen LogP contribution in [0.3, 0.4) is 0 Å². The maximum atomic E-state index is 12.4. The van der Waals surface area contributed by atoms with Crippen LogP contribution < -0.4 is 5.32 Å². The molecule has 96 valence electrons. The number of alkyl halides is 1. The Morgan fingerprint density at radius 1 is 1.12 bits per heavy atom. The molecule has 1 saturated carbocycles. The molecule has 0 unspecified atom stereocenters. The zero-order valence-electron chi connectivity index (χ0n) is 10.0. The van der Waals surface area contributed by atoms with Crippen molar-refractivity contribution in [2.45, 2.75) is 50.5 Å². The van der Waals surface area contributed by atoms with Crippen molar-refractivity contribution < 1.29 is 9.59 Å². The van der Waals surface area contributed by atoms with Crippen LogP contribution >= 0.6 is 15.9 Å². The molecule has 2 fully saturated rings. The van der Waals surface area contributed by atoms with Crippen molar-refractivity contribution in [3.63, 3.8) is 0 Å². The third-order valence-corrected chi connectivity index (χ3v) is 4.12. The maximum Gasteiger partial charge on any atom is 0.325 e. The summed E-state index contributed by atoms with van der Waals surface area (Å²) >= 11 is 3.28. The number of rotatable bonds is 2. The summed E-state index contributed by atoms with van der Waals surface area (Å²) in [4.78, 5) is 25.5. The quantitative estimate of drug-likeness (QED) is 0.629. The van der Waals surface area contributed by atoms with Gasteiger partial charge in [-0.2, -0.15) is 0 Å².